The summed E-state index contributed by atoms with van der Waals surface area (Å²) < 4.78 is 39.3. The number of hydrogen-bond donors (Lipinski definition) is 1. The number of benzene rings is 2. The van der Waals surface area contributed by atoms with E-state index in [-0.39, 0.29) is 21.9 Å². The molecule has 29 heavy (non-hydrogen) atoms. The Kier molecular flexibility index (Phi) is 5.69. The molecule has 0 bridgehead atoms. The van der Waals surface area contributed by atoms with E-state index in [4.69, 9.17) is 0 Å². The second-order valence-electron chi connectivity index (χ2n) is 5.92. The van der Waals surface area contributed by atoms with E-state index < -0.39 is 28.1 Å². The second kappa shape index (κ2) is 8.03. The molecule has 1 N–H and O–H groups in total. The first-order valence-corrected chi connectivity index (χ1v) is 9.09. The van der Waals surface area contributed by atoms with Crippen LogP contribution in [0.25, 0.3) is 10.9 Å². The SMILES string of the molecule is CC(Sc1nc(C(F)(F)F)nc2ccccc12)C(=O)Nc1cccc([N+](=O)[O-])c1. The predicted molar refractivity (Wildman–Crippen MR) is 102 cm³/mol. The van der Waals surface area contributed by atoms with Crippen LogP contribution in [0.2, 0.25) is 0 Å². The molecule has 1 heterocycles. The number of rotatable bonds is 5. The summed E-state index contributed by atoms with van der Waals surface area (Å²) in [5.74, 6) is -1.82. The highest BCUT2D eigenvalue weighted by Crippen LogP contribution is 2.34. The molecule has 1 unspecified atom stereocenters. The van der Waals surface area contributed by atoms with Gasteiger partial charge in [0.15, 0.2) is 0 Å². The average Bonchev–Trinajstić information content (AvgIpc) is 2.67. The molecule has 3 aromatic rings. The molecule has 1 atom stereocenters. The molecule has 2 aromatic carbocycles. The maximum absolute atomic E-state index is 13.1. The summed E-state index contributed by atoms with van der Waals surface area (Å²) in [5, 5.41) is 12.9. The molecular weight excluding hydrogens is 409 g/mol. The van der Waals surface area contributed by atoms with Crippen molar-refractivity contribution in [1.82, 2.24) is 9.97 Å². The molecular formula is C18H13F3N4O3S. The van der Waals surface area contributed by atoms with E-state index in [0.717, 1.165) is 11.8 Å². The monoisotopic (exact) mass is 422 g/mol. The van der Waals surface area contributed by atoms with Gasteiger partial charge in [-0.2, -0.15) is 13.2 Å². The van der Waals surface area contributed by atoms with E-state index in [1.54, 1.807) is 18.2 Å². The van der Waals surface area contributed by atoms with E-state index >= 15 is 0 Å². The molecule has 3 rings (SSSR count). The fourth-order valence-electron chi connectivity index (χ4n) is 2.43. The number of non-ortho nitro benzene ring substituents is 1. The number of amides is 1. The second-order valence-corrected chi connectivity index (χ2v) is 7.25. The highest BCUT2D eigenvalue weighted by atomic mass is 32.2. The average molecular weight is 422 g/mol. The van der Waals surface area contributed by atoms with Crippen LogP contribution in [-0.4, -0.2) is 26.0 Å². The lowest BCUT2D eigenvalue weighted by atomic mass is 10.2. The van der Waals surface area contributed by atoms with Gasteiger partial charge in [0.1, 0.15) is 5.03 Å². The molecule has 1 amide bonds. The van der Waals surface area contributed by atoms with Gasteiger partial charge in [0.2, 0.25) is 11.7 Å². The van der Waals surface area contributed by atoms with E-state index in [1.165, 1.54) is 37.3 Å². The highest BCUT2D eigenvalue weighted by Gasteiger charge is 2.36. The molecule has 0 saturated heterocycles. The number of alkyl halides is 3. The van der Waals surface area contributed by atoms with Crippen molar-refractivity contribution in [2.75, 3.05) is 5.32 Å². The first-order chi connectivity index (χ1) is 13.6. The number of nitro groups is 1. The zero-order chi connectivity index (χ0) is 21.2. The van der Waals surface area contributed by atoms with E-state index in [2.05, 4.69) is 15.3 Å². The number of carbonyl (C=O) groups excluding carboxylic acids is 1. The number of aromatic nitrogens is 2. The Morgan fingerprint density at radius 2 is 1.90 bits per heavy atom. The molecule has 0 fully saturated rings. The summed E-state index contributed by atoms with van der Waals surface area (Å²) in [6, 6.07) is 11.6. The highest BCUT2D eigenvalue weighted by molar-refractivity contribution is 8.00. The van der Waals surface area contributed by atoms with Crippen molar-refractivity contribution in [3.05, 3.63) is 64.5 Å². The van der Waals surface area contributed by atoms with Gasteiger partial charge in [-0.1, -0.05) is 36.0 Å². The standard InChI is InChI=1S/C18H13F3N4O3S/c1-10(15(26)22-11-5-4-6-12(9-11)25(27)28)29-16-13-7-2-3-8-14(13)23-17(24-16)18(19,20)21/h2-10H,1H3,(H,22,26). The smallest absolute Gasteiger partial charge is 0.325 e. The number of carbonyl (C=O) groups is 1. The summed E-state index contributed by atoms with van der Waals surface area (Å²) >= 11 is 0.844. The lowest BCUT2D eigenvalue weighted by molar-refractivity contribution is -0.384. The molecule has 0 aliphatic rings. The summed E-state index contributed by atoms with van der Waals surface area (Å²) in [4.78, 5) is 29.8. The van der Waals surface area contributed by atoms with E-state index in [0.29, 0.717) is 5.39 Å². The van der Waals surface area contributed by atoms with Crippen LogP contribution >= 0.6 is 11.8 Å². The maximum Gasteiger partial charge on any atom is 0.451 e. The minimum Gasteiger partial charge on any atom is -0.325 e. The quantitative estimate of drug-likeness (QED) is 0.278. The number of nitrogens with zero attached hydrogens (tertiary/aromatic N) is 3. The van der Waals surface area contributed by atoms with Crippen LogP contribution in [-0.2, 0) is 11.0 Å². The Bertz CT molecular complexity index is 1090. The van der Waals surface area contributed by atoms with Crippen molar-refractivity contribution in [3.63, 3.8) is 0 Å². The Balaban J connectivity index is 1.85. The first kappa shape index (κ1) is 20.5. The molecule has 0 spiro atoms. The van der Waals surface area contributed by atoms with Crippen molar-refractivity contribution in [2.24, 2.45) is 0 Å². The zero-order valence-electron chi connectivity index (χ0n) is 14.8. The Morgan fingerprint density at radius 3 is 2.59 bits per heavy atom. The molecule has 0 aliphatic carbocycles. The first-order valence-electron chi connectivity index (χ1n) is 8.21. The van der Waals surface area contributed by atoms with Crippen LogP contribution in [0, 0.1) is 10.1 Å². The van der Waals surface area contributed by atoms with Gasteiger partial charge >= 0.3 is 6.18 Å². The van der Waals surface area contributed by atoms with E-state index in [9.17, 15) is 28.1 Å². The minimum atomic E-state index is -4.73. The van der Waals surface area contributed by atoms with Crippen molar-refractivity contribution in [3.8, 4) is 0 Å². The Hall–Kier alpha value is -3.21. The lowest BCUT2D eigenvalue weighted by Gasteiger charge is -2.14. The van der Waals surface area contributed by atoms with Gasteiger partial charge in [-0.05, 0) is 19.1 Å². The third kappa shape index (κ3) is 4.80. The van der Waals surface area contributed by atoms with Crippen LogP contribution in [0.4, 0.5) is 24.5 Å². The molecule has 11 heteroatoms. The van der Waals surface area contributed by atoms with E-state index in [1.807, 2.05) is 0 Å². The van der Waals surface area contributed by atoms with Crippen LogP contribution in [0.5, 0.6) is 0 Å². The van der Waals surface area contributed by atoms with Crippen LogP contribution in [0.3, 0.4) is 0 Å². The topological polar surface area (TPSA) is 98.0 Å². The van der Waals surface area contributed by atoms with Crippen molar-refractivity contribution < 1.29 is 22.9 Å². The van der Waals surface area contributed by atoms with Crippen molar-refractivity contribution in [2.45, 2.75) is 23.4 Å². The third-order valence-electron chi connectivity index (χ3n) is 3.80. The summed E-state index contributed by atoms with van der Waals surface area (Å²) in [6.07, 6.45) is -4.73. The van der Waals surface area contributed by atoms with Gasteiger partial charge in [-0.25, -0.2) is 9.97 Å². The molecule has 0 radical (unpaired) electrons. The molecule has 7 nitrogen and oxygen atoms in total. The van der Waals surface area contributed by atoms with Gasteiger partial charge in [0, 0.05) is 23.2 Å². The van der Waals surface area contributed by atoms with Gasteiger partial charge in [-0.3, -0.25) is 14.9 Å². The fraction of sp³-hybridized carbons (Fsp3) is 0.167. The van der Waals surface area contributed by atoms with Crippen molar-refractivity contribution in [1.29, 1.82) is 0 Å². The number of anilines is 1. The van der Waals surface area contributed by atoms with Gasteiger partial charge in [0.05, 0.1) is 15.7 Å². The predicted octanol–water partition coefficient (Wildman–Crippen LogP) is 4.68. The molecule has 0 aliphatic heterocycles. The van der Waals surface area contributed by atoms with Crippen LogP contribution in [0.1, 0.15) is 12.7 Å². The van der Waals surface area contributed by atoms with Gasteiger partial charge in [0.25, 0.3) is 5.69 Å². The number of para-hydroxylation sites is 1. The number of fused-ring (bicyclic) bond motifs is 1. The number of halogens is 3. The number of hydrogen-bond acceptors (Lipinski definition) is 6. The summed E-state index contributed by atoms with van der Waals surface area (Å²) in [5.41, 5.74) is 0.128. The summed E-state index contributed by atoms with van der Waals surface area (Å²) in [7, 11) is 0. The normalized spacial score (nSPS) is 12.6. The van der Waals surface area contributed by atoms with Gasteiger partial charge < -0.3 is 5.32 Å². The van der Waals surface area contributed by atoms with Gasteiger partial charge in [-0.15, -0.1) is 0 Å². The number of nitrogens with one attached hydrogen (secondary N) is 1. The minimum absolute atomic E-state index is 0.0182. The zero-order valence-corrected chi connectivity index (χ0v) is 15.6. The van der Waals surface area contributed by atoms with Crippen LogP contribution in [0.15, 0.2) is 53.6 Å². The third-order valence-corrected chi connectivity index (χ3v) is 4.91. The van der Waals surface area contributed by atoms with Crippen molar-refractivity contribution >= 4 is 39.9 Å². The fourth-order valence-corrected chi connectivity index (χ4v) is 3.37. The Labute approximate surface area is 166 Å². The molecule has 0 saturated carbocycles. The number of nitro benzene ring substituents is 1. The molecule has 150 valence electrons. The van der Waals surface area contributed by atoms with Crippen LogP contribution < -0.4 is 5.32 Å². The number of thioether (sulfide) groups is 1. The largest absolute Gasteiger partial charge is 0.451 e. The maximum atomic E-state index is 13.1. The Morgan fingerprint density at radius 1 is 1.17 bits per heavy atom. The molecule has 1 aromatic heterocycles. The lowest BCUT2D eigenvalue weighted by Crippen LogP contribution is -2.23. The summed E-state index contributed by atoms with van der Waals surface area (Å²) in [6.45, 7) is 1.50.